The monoisotopic (exact) mass is 251 g/mol. The van der Waals surface area contributed by atoms with Crippen LogP contribution < -0.4 is 5.32 Å². The predicted octanol–water partition coefficient (Wildman–Crippen LogP) is 2.85. The van der Waals surface area contributed by atoms with Crippen LogP contribution in [0.5, 0.6) is 0 Å². The number of benzene rings is 1. The fraction of sp³-hybridized carbons (Fsp3) is 0.438. The molecule has 2 aliphatic rings. The Morgan fingerprint density at radius 1 is 1.42 bits per heavy atom. The molecule has 3 atom stereocenters. The molecule has 2 aromatic rings. The van der Waals surface area contributed by atoms with Crippen LogP contribution in [0.25, 0.3) is 15.7 Å². The lowest BCUT2D eigenvalue weighted by Gasteiger charge is -2.40. The molecule has 0 spiro atoms. The summed E-state index contributed by atoms with van der Waals surface area (Å²) in [5, 5.41) is 5.01. The van der Waals surface area contributed by atoms with Gasteiger partial charge in [0.1, 0.15) is 0 Å². The number of piperidine rings is 1. The molecule has 1 aliphatic heterocycles. The number of H-pyrrole nitrogens is 1. The molecule has 0 amide bonds. The number of hydrogen-bond acceptors (Lipinski definition) is 1. The number of nitrogens with zero attached hydrogens (tertiary/aromatic N) is 1. The number of rotatable bonds is 0. The molecule has 1 unspecified atom stereocenters. The van der Waals surface area contributed by atoms with Crippen molar-refractivity contribution in [2.45, 2.75) is 37.3 Å². The van der Waals surface area contributed by atoms with Gasteiger partial charge in [-0.3, -0.25) is 0 Å². The van der Waals surface area contributed by atoms with E-state index >= 15 is 0 Å². The molecule has 0 radical (unpaired) electrons. The SMILES string of the molecule is [C-]#[N+]C1(C)CN[C@@H]2Cc3c[nH]c4cccc(c34)[C@H]2C1. The van der Waals surface area contributed by atoms with E-state index in [1.54, 1.807) is 0 Å². The van der Waals surface area contributed by atoms with Crippen LogP contribution >= 0.6 is 0 Å². The lowest BCUT2D eigenvalue weighted by molar-refractivity contribution is 0.276. The zero-order valence-corrected chi connectivity index (χ0v) is 11.0. The van der Waals surface area contributed by atoms with Gasteiger partial charge >= 0.3 is 0 Å². The summed E-state index contributed by atoms with van der Waals surface area (Å²) in [7, 11) is 0. The van der Waals surface area contributed by atoms with Crippen LogP contribution in [-0.2, 0) is 6.42 Å². The van der Waals surface area contributed by atoms with Crippen molar-refractivity contribution >= 4 is 10.9 Å². The lowest BCUT2D eigenvalue weighted by atomic mass is 9.71. The number of aromatic amines is 1. The first-order valence-electron chi connectivity index (χ1n) is 6.91. The number of hydrogen-bond donors (Lipinski definition) is 2. The highest BCUT2D eigenvalue weighted by molar-refractivity contribution is 5.88. The second-order valence-corrected chi connectivity index (χ2v) is 6.19. The summed E-state index contributed by atoms with van der Waals surface area (Å²) >= 11 is 0. The molecule has 0 bridgehead atoms. The first-order chi connectivity index (χ1) is 9.20. The third-order valence-corrected chi connectivity index (χ3v) is 4.82. The molecule has 1 aromatic carbocycles. The molecule has 1 aliphatic carbocycles. The molecule has 1 fully saturated rings. The van der Waals surface area contributed by atoms with Gasteiger partial charge in [0, 0.05) is 42.4 Å². The second kappa shape index (κ2) is 3.61. The van der Waals surface area contributed by atoms with Crippen molar-refractivity contribution in [2.75, 3.05) is 6.54 Å². The van der Waals surface area contributed by atoms with E-state index in [0.29, 0.717) is 12.0 Å². The van der Waals surface area contributed by atoms with Gasteiger partial charge in [-0.25, -0.2) is 6.57 Å². The maximum Gasteiger partial charge on any atom is 0.242 e. The first kappa shape index (κ1) is 11.1. The Balaban J connectivity index is 1.88. The Morgan fingerprint density at radius 2 is 2.32 bits per heavy atom. The van der Waals surface area contributed by atoms with Gasteiger partial charge in [-0.1, -0.05) is 12.1 Å². The molecule has 96 valence electrons. The van der Waals surface area contributed by atoms with Crippen LogP contribution in [0.1, 0.15) is 30.4 Å². The van der Waals surface area contributed by atoms with Crippen molar-refractivity contribution in [2.24, 2.45) is 0 Å². The van der Waals surface area contributed by atoms with E-state index in [9.17, 15) is 0 Å². The minimum atomic E-state index is -0.253. The maximum absolute atomic E-state index is 7.44. The van der Waals surface area contributed by atoms with Gasteiger partial charge in [0.15, 0.2) is 0 Å². The molecule has 2 heterocycles. The van der Waals surface area contributed by atoms with Gasteiger partial charge in [0.2, 0.25) is 5.54 Å². The number of nitrogens with one attached hydrogen (secondary N) is 2. The van der Waals surface area contributed by atoms with Gasteiger partial charge < -0.3 is 15.1 Å². The summed E-state index contributed by atoms with van der Waals surface area (Å²) in [6, 6.07) is 7.01. The molecular formula is C16H17N3. The predicted molar refractivity (Wildman–Crippen MR) is 76.2 cm³/mol. The zero-order chi connectivity index (χ0) is 13.0. The molecule has 1 aromatic heterocycles. The van der Waals surface area contributed by atoms with Gasteiger partial charge in [0.25, 0.3) is 0 Å². The van der Waals surface area contributed by atoms with Gasteiger partial charge in [-0.2, -0.15) is 0 Å². The molecule has 0 saturated carbocycles. The summed E-state index contributed by atoms with van der Waals surface area (Å²) in [5.74, 6) is 0.472. The third-order valence-electron chi connectivity index (χ3n) is 4.82. The van der Waals surface area contributed by atoms with Crippen LogP contribution in [0.15, 0.2) is 24.4 Å². The Hall–Kier alpha value is -1.79. The number of aromatic nitrogens is 1. The molecule has 4 rings (SSSR count). The summed E-state index contributed by atoms with van der Waals surface area (Å²) in [6.07, 6.45) is 4.20. The summed E-state index contributed by atoms with van der Waals surface area (Å²) in [4.78, 5) is 7.23. The molecule has 2 N–H and O–H groups in total. The van der Waals surface area contributed by atoms with Gasteiger partial charge in [-0.05, 0) is 23.6 Å². The van der Waals surface area contributed by atoms with E-state index < -0.39 is 0 Å². The summed E-state index contributed by atoms with van der Waals surface area (Å²) < 4.78 is 0. The van der Waals surface area contributed by atoms with Crippen LogP contribution in [0.2, 0.25) is 0 Å². The Kier molecular flexibility index (Phi) is 2.11. The average Bonchev–Trinajstić information content (AvgIpc) is 2.85. The summed E-state index contributed by atoms with van der Waals surface area (Å²) in [5.41, 5.74) is 3.83. The van der Waals surface area contributed by atoms with Crippen LogP contribution in [0.4, 0.5) is 0 Å². The smallest absolute Gasteiger partial charge is 0.242 e. The minimum absolute atomic E-state index is 0.253. The van der Waals surface area contributed by atoms with Crippen molar-refractivity contribution in [1.29, 1.82) is 0 Å². The molecule has 3 heteroatoms. The van der Waals surface area contributed by atoms with Crippen molar-refractivity contribution in [3.63, 3.8) is 0 Å². The lowest BCUT2D eigenvalue weighted by Crippen LogP contribution is -2.52. The van der Waals surface area contributed by atoms with Crippen molar-refractivity contribution in [1.82, 2.24) is 10.3 Å². The van der Waals surface area contributed by atoms with Crippen LogP contribution in [0.3, 0.4) is 0 Å². The van der Waals surface area contributed by atoms with E-state index in [0.717, 1.165) is 19.4 Å². The zero-order valence-electron chi connectivity index (χ0n) is 11.0. The van der Waals surface area contributed by atoms with Gasteiger partial charge in [-0.15, -0.1) is 0 Å². The topological polar surface area (TPSA) is 32.2 Å². The Morgan fingerprint density at radius 3 is 3.16 bits per heavy atom. The highest BCUT2D eigenvalue weighted by Gasteiger charge is 2.45. The van der Waals surface area contributed by atoms with Crippen LogP contribution in [0, 0.1) is 6.57 Å². The standard InChI is InChI=1S/C16H17N3/c1-16(17-2)7-12-11-4-3-5-13-15(11)10(8-18-13)6-14(12)19-9-16/h3-5,8,12,14,18-19H,6-7,9H2,1H3/t12-,14-,16?/m1/s1. The van der Waals surface area contributed by atoms with Crippen molar-refractivity contribution < 1.29 is 0 Å². The third kappa shape index (κ3) is 1.47. The van der Waals surface area contributed by atoms with Crippen molar-refractivity contribution in [3.05, 3.63) is 46.9 Å². The Labute approximate surface area is 112 Å². The Bertz CT molecular complexity index is 694. The van der Waals surface area contributed by atoms with Gasteiger partial charge in [0.05, 0.1) is 6.54 Å². The molecular weight excluding hydrogens is 234 g/mol. The number of fused-ring (bicyclic) bond motifs is 2. The summed E-state index contributed by atoms with van der Waals surface area (Å²) in [6.45, 7) is 10.3. The first-order valence-corrected chi connectivity index (χ1v) is 6.91. The fourth-order valence-electron chi connectivity index (χ4n) is 3.80. The van der Waals surface area contributed by atoms with E-state index in [2.05, 4.69) is 46.5 Å². The largest absolute Gasteiger partial charge is 0.361 e. The maximum atomic E-state index is 7.44. The highest BCUT2D eigenvalue weighted by Crippen LogP contribution is 2.43. The van der Waals surface area contributed by atoms with Crippen molar-refractivity contribution in [3.8, 4) is 0 Å². The molecule has 1 saturated heterocycles. The van der Waals surface area contributed by atoms with E-state index in [1.807, 2.05) is 0 Å². The average molecular weight is 251 g/mol. The quantitative estimate of drug-likeness (QED) is 0.693. The normalized spacial score (nSPS) is 32.8. The molecule has 3 nitrogen and oxygen atoms in total. The minimum Gasteiger partial charge on any atom is -0.361 e. The second-order valence-electron chi connectivity index (χ2n) is 6.19. The highest BCUT2D eigenvalue weighted by atomic mass is 15.0. The van der Waals surface area contributed by atoms with E-state index in [4.69, 9.17) is 6.57 Å². The molecule has 19 heavy (non-hydrogen) atoms. The van der Waals surface area contributed by atoms with Crippen LogP contribution in [-0.4, -0.2) is 23.1 Å². The van der Waals surface area contributed by atoms with E-state index in [1.165, 1.54) is 22.0 Å². The fourth-order valence-corrected chi connectivity index (χ4v) is 3.80. The van der Waals surface area contributed by atoms with E-state index in [-0.39, 0.29) is 5.54 Å².